The van der Waals surface area contributed by atoms with Gasteiger partial charge in [0.25, 0.3) is 0 Å². The van der Waals surface area contributed by atoms with Crippen LogP contribution in [0.4, 0.5) is 17.6 Å². The van der Waals surface area contributed by atoms with Crippen LogP contribution in [0.3, 0.4) is 0 Å². The van der Waals surface area contributed by atoms with Crippen LogP contribution in [0.25, 0.3) is 0 Å². The Balaban J connectivity index is 0.00000200. The Morgan fingerprint density at radius 2 is 1.80 bits per heavy atom. The fourth-order valence-electron chi connectivity index (χ4n) is 2.30. The molecule has 1 saturated heterocycles. The lowest BCUT2D eigenvalue weighted by molar-refractivity contribution is -0.140. The summed E-state index contributed by atoms with van der Waals surface area (Å²) in [5.41, 5.74) is -0.629. The maximum atomic E-state index is 13.5. The zero-order chi connectivity index (χ0) is 14.0. The Morgan fingerprint density at radius 3 is 2.30 bits per heavy atom. The number of alkyl halides is 3. The first-order valence-corrected chi connectivity index (χ1v) is 6.21. The summed E-state index contributed by atoms with van der Waals surface area (Å²) in [6, 6.07) is 3.09. The van der Waals surface area contributed by atoms with Gasteiger partial charge in [-0.1, -0.05) is 6.07 Å². The van der Waals surface area contributed by atoms with E-state index in [9.17, 15) is 17.6 Å². The highest BCUT2D eigenvalue weighted by Gasteiger charge is 2.34. The highest BCUT2D eigenvalue weighted by Crippen LogP contribution is 2.33. The molecule has 1 aromatic carbocycles. The third kappa shape index (κ3) is 3.84. The summed E-state index contributed by atoms with van der Waals surface area (Å²) in [5, 5.41) is 3.20. The molecule has 0 unspecified atom stereocenters. The van der Waals surface area contributed by atoms with Crippen molar-refractivity contribution in [2.75, 3.05) is 26.2 Å². The van der Waals surface area contributed by atoms with Crippen LogP contribution in [0.2, 0.25) is 0 Å². The van der Waals surface area contributed by atoms with Gasteiger partial charge >= 0.3 is 6.18 Å². The molecule has 0 spiro atoms. The number of hydrogen-bond acceptors (Lipinski definition) is 2. The second-order valence-electron chi connectivity index (χ2n) is 4.70. The summed E-state index contributed by atoms with van der Waals surface area (Å²) >= 11 is 0. The predicted molar refractivity (Wildman–Crippen MR) is 71.5 cm³/mol. The van der Waals surface area contributed by atoms with Crippen LogP contribution in [0.1, 0.15) is 24.1 Å². The number of nitrogens with zero attached hydrogens (tertiary/aromatic N) is 1. The van der Waals surface area contributed by atoms with Gasteiger partial charge in [-0.2, -0.15) is 13.2 Å². The SMILES string of the molecule is C[C@H](c1ccc(C(F)(F)F)c(F)c1)N1CCNCC1.Cl. The van der Waals surface area contributed by atoms with Gasteiger partial charge < -0.3 is 5.32 Å². The van der Waals surface area contributed by atoms with Gasteiger partial charge in [0, 0.05) is 32.2 Å². The molecule has 1 heterocycles. The van der Waals surface area contributed by atoms with E-state index < -0.39 is 17.6 Å². The quantitative estimate of drug-likeness (QED) is 0.844. The summed E-state index contributed by atoms with van der Waals surface area (Å²) in [6.45, 7) is 5.18. The molecule has 0 radical (unpaired) electrons. The molecule has 0 aromatic heterocycles. The van der Waals surface area contributed by atoms with Crippen molar-refractivity contribution in [1.29, 1.82) is 0 Å². The van der Waals surface area contributed by atoms with Gasteiger partial charge in [-0.05, 0) is 24.6 Å². The Morgan fingerprint density at radius 1 is 1.20 bits per heavy atom. The van der Waals surface area contributed by atoms with Crippen molar-refractivity contribution in [3.63, 3.8) is 0 Å². The first kappa shape index (κ1) is 17.2. The van der Waals surface area contributed by atoms with Gasteiger partial charge in [-0.25, -0.2) is 4.39 Å². The topological polar surface area (TPSA) is 15.3 Å². The van der Waals surface area contributed by atoms with E-state index in [1.54, 1.807) is 0 Å². The van der Waals surface area contributed by atoms with Crippen LogP contribution in [0.5, 0.6) is 0 Å². The Kier molecular flexibility index (Phi) is 5.79. The number of benzene rings is 1. The average Bonchev–Trinajstić information content (AvgIpc) is 2.37. The standard InChI is InChI=1S/C13H16F4N2.ClH/c1-9(19-6-4-18-5-7-19)10-2-3-11(12(14)8-10)13(15,16)17;/h2-3,8-9,18H,4-7H2,1H3;1H/t9-;/m1./s1. The summed E-state index contributed by atoms with van der Waals surface area (Å²) in [6.07, 6.45) is -4.64. The van der Waals surface area contributed by atoms with Crippen LogP contribution >= 0.6 is 12.4 Å². The minimum Gasteiger partial charge on any atom is -0.314 e. The molecule has 0 saturated carbocycles. The van der Waals surface area contributed by atoms with Gasteiger partial charge in [0.2, 0.25) is 0 Å². The van der Waals surface area contributed by atoms with Crippen molar-refractivity contribution in [2.45, 2.75) is 19.1 Å². The molecule has 2 nitrogen and oxygen atoms in total. The first-order chi connectivity index (χ1) is 8.89. The zero-order valence-electron chi connectivity index (χ0n) is 11.0. The molecule has 0 bridgehead atoms. The van der Waals surface area contributed by atoms with Crippen LogP contribution in [0, 0.1) is 5.82 Å². The Hall–Kier alpha value is -0.850. The third-order valence-corrected chi connectivity index (χ3v) is 3.48. The van der Waals surface area contributed by atoms with Crippen molar-refractivity contribution in [1.82, 2.24) is 10.2 Å². The van der Waals surface area contributed by atoms with Crippen LogP contribution in [-0.4, -0.2) is 31.1 Å². The summed E-state index contributed by atoms with van der Waals surface area (Å²) in [5.74, 6) is -1.20. The monoisotopic (exact) mass is 312 g/mol. The Bertz CT molecular complexity index is 444. The molecule has 7 heteroatoms. The number of nitrogens with one attached hydrogen (secondary N) is 1. The van der Waals surface area contributed by atoms with Gasteiger partial charge in [0.05, 0.1) is 5.56 Å². The zero-order valence-corrected chi connectivity index (χ0v) is 11.8. The summed E-state index contributed by atoms with van der Waals surface area (Å²) in [7, 11) is 0. The normalized spacial score (nSPS) is 18.4. The van der Waals surface area contributed by atoms with Crippen LogP contribution < -0.4 is 5.32 Å². The van der Waals surface area contributed by atoms with Crippen molar-refractivity contribution < 1.29 is 17.6 Å². The van der Waals surface area contributed by atoms with Gasteiger partial charge in [-0.15, -0.1) is 12.4 Å². The van der Waals surface area contributed by atoms with Gasteiger partial charge in [0.1, 0.15) is 5.82 Å². The molecule has 1 aliphatic heterocycles. The first-order valence-electron chi connectivity index (χ1n) is 6.21. The summed E-state index contributed by atoms with van der Waals surface area (Å²) in [4.78, 5) is 2.12. The van der Waals surface area contributed by atoms with E-state index in [0.29, 0.717) is 5.56 Å². The van der Waals surface area contributed by atoms with Gasteiger partial charge in [0.15, 0.2) is 0 Å². The fourth-order valence-corrected chi connectivity index (χ4v) is 2.30. The molecule has 1 atom stereocenters. The van der Waals surface area contributed by atoms with E-state index >= 15 is 0 Å². The fraction of sp³-hybridized carbons (Fsp3) is 0.538. The second kappa shape index (κ2) is 6.74. The smallest absolute Gasteiger partial charge is 0.314 e. The van der Waals surface area contributed by atoms with E-state index in [0.717, 1.165) is 38.3 Å². The van der Waals surface area contributed by atoms with E-state index in [2.05, 4.69) is 10.2 Å². The number of halogens is 5. The predicted octanol–water partition coefficient (Wildman–Crippen LogP) is 3.23. The number of hydrogen-bond donors (Lipinski definition) is 1. The van der Waals surface area contributed by atoms with E-state index in [1.807, 2.05) is 6.92 Å². The molecule has 1 fully saturated rings. The minimum atomic E-state index is -4.64. The number of rotatable bonds is 2. The van der Waals surface area contributed by atoms with Crippen molar-refractivity contribution in [3.8, 4) is 0 Å². The molecule has 114 valence electrons. The molecule has 1 aromatic rings. The molecule has 1 aliphatic rings. The maximum Gasteiger partial charge on any atom is 0.419 e. The molecule has 0 amide bonds. The lowest BCUT2D eigenvalue weighted by Crippen LogP contribution is -2.44. The Labute approximate surface area is 121 Å². The highest BCUT2D eigenvalue weighted by atomic mass is 35.5. The van der Waals surface area contributed by atoms with E-state index in [1.165, 1.54) is 6.07 Å². The molecule has 0 aliphatic carbocycles. The second-order valence-corrected chi connectivity index (χ2v) is 4.70. The largest absolute Gasteiger partial charge is 0.419 e. The van der Waals surface area contributed by atoms with Crippen molar-refractivity contribution >= 4 is 12.4 Å². The van der Waals surface area contributed by atoms with Crippen molar-refractivity contribution in [2.24, 2.45) is 0 Å². The van der Waals surface area contributed by atoms with E-state index in [4.69, 9.17) is 0 Å². The average molecular weight is 313 g/mol. The molecule has 2 rings (SSSR count). The van der Waals surface area contributed by atoms with Crippen LogP contribution in [-0.2, 0) is 6.18 Å². The number of piperazine rings is 1. The third-order valence-electron chi connectivity index (χ3n) is 3.48. The lowest BCUT2D eigenvalue weighted by Gasteiger charge is -2.33. The molecule has 20 heavy (non-hydrogen) atoms. The van der Waals surface area contributed by atoms with Crippen molar-refractivity contribution in [3.05, 3.63) is 35.1 Å². The summed E-state index contributed by atoms with van der Waals surface area (Å²) < 4.78 is 51.0. The van der Waals surface area contributed by atoms with E-state index in [-0.39, 0.29) is 18.4 Å². The van der Waals surface area contributed by atoms with Crippen LogP contribution in [0.15, 0.2) is 18.2 Å². The lowest BCUT2D eigenvalue weighted by atomic mass is 10.0. The molecular weight excluding hydrogens is 296 g/mol. The van der Waals surface area contributed by atoms with Gasteiger partial charge in [-0.3, -0.25) is 4.90 Å². The molecular formula is C13H17ClF4N2. The maximum absolute atomic E-state index is 13.5. The highest BCUT2D eigenvalue weighted by molar-refractivity contribution is 5.85. The minimum absolute atomic E-state index is 0. The molecule has 1 N–H and O–H groups in total.